The Balaban J connectivity index is 1.35. The van der Waals surface area contributed by atoms with Gasteiger partial charge in [0.2, 0.25) is 0 Å². The molecule has 4 bridgehead atoms. The first kappa shape index (κ1) is 17.2. The summed E-state index contributed by atoms with van der Waals surface area (Å²) in [6.07, 6.45) is 7.29. The van der Waals surface area contributed by atoms with Crippen LogP contribution in [0.4, 0.5) is 10.1 Å². The molecule has 0 saturated heterocycles. The second-order valence-electron chi connectivity index (χ2n) is 8.93. The molecule has 4 heteroatoms. The summed E-state index contributed by atoms with van der Waals surface area (Å²) in [5, 5.41) is 2.90. The number of hydrogen-bond donors (Lipinski definition) is 1. The van der Waals surface area contributed by atoms with E-state index in [1.807, 2.05) is 12.1 Å². The summed E-state index contributed by atoms with van der Waals surface area (Å²) in [5.41, 5.74) is 2.79. The van der Waals surface area contributed by atoms with Gasteiger partial charge in [-0.05, 0) is 97.7 Å². The van der Waals surface area contributed by atoms with E-state index in [9.17, 15) is 9.18 Å². The van der Waals surface area contributed by atoms with Gasteiger partial charge in [-0.15, -0.1) is 11.6 Å². The lowest BCUT2D eigenvalue weighted by molar-refractivity contribution is 0.00900. The molecule has 27 heavy (non-hydrogen) atoms. The van der Waals surface area contributed by atoms with Crippen LogP contribution < -0.4 is 5.32 Å². The summed E-state index contributed by atoms with van der Waals surface area (Å²) < 4.78 is 13.0. The van der Waals surface area contributed by atoms with Gasteiger partial charge in [0.1, 0.15) is 5.82 Å². The molecule has 2 atom stereocenters. The number of rotatable bonds is 3. The fraction of sp³-hybridized carbons (Fsp3) is 0.435. The average Bonchev–Trinajstić information content (AvgIpc) is 2.60. The van der Waals surface area contributed by atoms with Crippen molar-refractivity contribution in [1.29, 1.82) is 0 Å². The third-order valence-corrected chi connectivity index (χ3v) is 7.29. The second-order valence-corrected chi connectivity index (χ2v) is 9.73. The number of alkyl halides is 1. The Labute approximate surface area is 164 Å². The molecule has 1 N–H and O–H groups in total. The van der Waals surface area contributed by atoms with Crippen LogP contribution in [0, 0.1) is 17.7 Å². The van der Waals surface area contributed by atoms with Crippen molar-refractivity contribution in [2.75, 3.05) is 5.32 Å². The molecule has 4 saturated carbocycles. The zero-order chi connectivity index (χ0) is 18.6. The second kappa shape index (κ2) is 6.07. The van der Waals surface area contributed by atoms with Crippen LogP contribution in [0.15, 0.2) is 48.5 Å². The molecule has 2 nitrogen and oxygen atoms in total. The number of carbonyl (C=O) groups excluding carboxylic acids is 1. The fourth-order valence-corrected chi connectivity index (χ4v) is 6.89. The van der Waals surface area contributed by atoms with Gasteiger partial charge < -0.3 is 5.32 Å². The van der Waals surface area contributed by atoms with E-state index in [0.717, 1.165) is 23.9 Å². The van der Waals surface area contributed by atoms with Crippen molar-refractivity contribution in [2.45, 2.75) is 48.8 Å². The van der Waals surface area contributed by atoms with E-state index in [2.05, 4.69) is 17.4 Å². The molecule has 2 aromatic rings. The highest BCUT2D eigenvalue weighted by Crippen LogP contribution is 2.64. The maximum Gasteiger partial charge on any atom is 0.255 e. The predicted molar refractivity (Wildman–Crippen MR) is 106 cm³/mol. The Morgan fingerprint density at radius 3 is 2.19 bits per heavy atom. The number of benzene rings is 2. The predicted octanol–water partition coefficient (Wildman–Crippen LogP) is 5.91. The minimum atomic E-state index is -0.344. The molecule has 4 aliphatic carbocycles. The van der Waals surface area contributed by atoms with Gasteiger partial charge in [0.25, 0.3) is 5.91 Å². The Bertz CT molecular complexity index is 862. The quantitative estimate of drug-likeness (QED) is 0.656. The lowest BCUT2D eigenvalue weighted by Gasteiger charge is -2.60. The molecule has 140 valence electrons. The molecule has 1 amide bonds. The largest absolute Gasteiger partial charge is 0.322 e. The molecule has 0 spiro atoms. The zero-order valence-corrected chi connectivity index (χ0v) is 15.9. The number of carbonyl (C=O) groups is 1. The van der Waals surface area contributed by atoms with Gasteiger partial charge in [-0.25, -0.2) is 4.39 Å². The van der Waals surface area contributed by atoms with Crippen LogP contribution >= 0.6 is 11.6 Å². The van der Waals surface area contributed by atoms with E-state index < -0.39 is 0 Å². The molecule has 6 rings (SSSR count). The van der Waals surface area contributed by atoms with Gasteiger partial charge >= 0.3 is 0 Å². The first-order valence-corrected chi connectivity index (χ1v) is 10.2. The molecule has 2 aromatic carbocycles. The van der Waals surface area contributed by atoms with Crippen LogP contribution in [0.25, 0.3) is 0 Å². The fourth-order valence-electron chi connectivity index (χ4n) is 6.20. The van der Waals surface area contributed by atoms with Crippen LogP contribution in [0.2, 0.25) is 0 Å². The van der Waals surface area contributed by atoms with Gasteiger partial charge in [0.15, 0.2) is 0 Å². The van der Waals surface area contributed by atoms with Crippen molar-refractivity contribution < 1.29 is 9.18 Å². The Morgan fingerprint density at radius 1 is 0.963 bits per heavy atom. The summed E-state index contributed by atoms with van der Waals surface area (Å²) in [4.78, 5) is 12.3. The van der Waals surface area contributed by atoms with Gasteiger partial charge in [0, 0.05) is 16.1 Å². The topological polar surface area (TPSA) is 29.1 Å². The SMILES string of the molecule is O=C(Nc1ccc(C23CC4CC(CC(Cl)(C4)C2)C3)cc1)c1ccc(F)cc1. The van der Waals surface area contributed by atoms with Crippen LogP contribution in [0.1, 0.15) is 54.4 Å². The number of nitrogens with one attached hydrogen (secondary N) is 1. The lowest BCUT2D eigenvalue weighted by Crippen LogP contribution is -2.55. The van der Waals surface area contributed by atoms with E-state index in [1.54, 1.807) is 0 Å². The number of amides is 1. The Morgan fingerprint density at radius 2 is 1.59 bits per heavy atom. The summed E-state index contributed by atoms with van der Waals surface area (Å²) in [5.74, 6) is 0.962. The van der Waals surface area contributed by atoms with E-state index in [0.29, 0.717) is 5.56 Å². The summed E-state index contributed by atoms with van der Waals surface area (Å²) >= 11 is 6.97. The Hall–Kier alpha value is -1.87. The van der Waals surface area contributed by atoms with Crippen LogP contribution in [0.3, 0.4) is 0 Å². The van der Waals surface area contributed by atoms with Crippen LogP contribution in [-0.2, 0) is 5.41 Å². The standard InChI is InChI=1S/C23H23ClFNO/c24-23-12-15-9-16(13-23)11-22(10-15,14-23)18-3-7-20(8-4-18)26-21(27)17-1-5-19(25)6-2-17/h1-8,15-16H,9-14H2,(H,26,27). The van der Waals surface area contributed by atoms with E-state index in [1.165, 1.54) is 61.9 Å². The molecular formula is C23H23ClFNO. The average molecular weight is 384 g/mol. The van der Waals surface area contributed by atoms with Gasteiger partial charge in [-0.3, -0.25) is 4.79 Å². The third kappa shape index (κ3) is 3.06. The van der Waals surface area contributed by atoms with Gasteiger partial charge in [-0.2, -0.15) is 0 Å². The van der Waals surface area contributed by atoms with Crippen molar-refractivity contribution in [3.63, 3.8) is 0 Å². The van der Waals surface area contributed by atoms with Crippen molar-refractivity contribution in [1.82, 2.24) is 0 Å². The van der Waals surface area contributed by atoms with Crippen LogP contribution in [-0.4, -0.2) is 10.8 Å². The number of anilines is 1. The smallest absolute Gasteiger partial charge is 0.255 e. The minimum Gasteiger partial charge on any atom is -0.322 e. The molecule has 2 unspecified atom stereocenters. The first-order chi connectivity index (χ1) is 12.9. The van der Waals surface area contributed by atoms with Crippen molar-refractivity contribution in [3.05, 3.63) is 65.5 Å². The highest BCUT2D eigenvalue weighted by atomic mass is 35.5. The number of halogens is 2. The number of hydrogen-bond acceptors (Lipinski definition) is 1. The first-order valence-electron chi connectivity index (χ1n) is 9.80. The highest BCUT2D eigenvalue weighted by molar-refractivity contribution is 6.24. The third-order valence-electron chi connectivity index (χ3n) is 6.85. The monoisotopic (exact) mass is 383 g/mol. The summed E-state index contributed by atoms with van der Waals surface area (Å²) in [7, 11) is 0. The molecule has 0 heterocycles. The van der Waals surface area contributed by atoms with E-state index in [-0.39, 0.29) is 22.0 Å². The van der Waals surface area contributed by atoms with Crippen molar-refractivity contribution >= 4 is 23.2 Å². The lowest BCUT2D eigenvalue weighted by atomic mass is 9.47. The molecule has 0 aliphatic heterocycles. The Kier molecular flexibility index (Phi) is 3.87. The molecule has 0 radical (unpaired) electrons. The maximum atomic E-state index is 13.0. The normalized spacial score (nSPS) is 33.9. The van der Waals surface area contributed by atoms with E-state index in [4.69, 9.17) is 11.6 Å². The molecule has 4 aliphatic rings. The van der Waals surface area contributed by atoms with Crippen molar-refractivity contribution in [2.24, 2.45) is 11.8 Å². The zero-order valence-electron chi connectivity index (χ0n) is 15.2. The minimum absolute atomic E-state index is 0.000443. The molecule has 0 aromatic heterocycles. The maximum absolute atomic E-state index is 13.0. The molecule has 4 fully saturated rings. The van der Waals surface area contributed by atoms with Gasteiger partial charge in [0.05, 0.1) is 0 Å². The van der Waals surface area contributed by atoms with Gasteiger partial charge in [-0.1, -0.05) is 12.1 Å². The summed E-state index contributed by atoms with van der Waals surface area (Å²) in [6.45, 7) is 0. The van der Waals surface area contributed by atoms with Crippen LogP contribution in [0.5, 0.6) is 0 Å². The van der Waals surface area contributed by atoms with Crippen molar-refractivity contribution in [3.8, 4) is 0 Å². The molecular weight excluding hydrogens is 361 g/mol. The van der Waals surface area contributed by atoms with E-state index >= 15 is 0 Å². The summed E-state index contributed by atoms with van der Waals surface area (Å²) in [6, 6.07) is 13.9. The highest BCUT2D eigenvalue weighted by Gasteiger charge is 2.57.